The van der Waals surface area contributed by atoms with Gasteiger partial charge < -0.3 is 9.64 Å². The van der Waals surface area contributed by atoms with Crippen LogP contribution in [0.25, 0.3) is 0 Å². The molecule has 1 atom stereocenters. The van der Waals surface area contributed by atoms with Crippen LogP contribution in [0.4, 0.5) is 0 Å². The summed E-state index contributed by atoms with van der Waals surface area (Å²) in [6.07, 6.45) is 2.36. The third-order valence-corrected chi connectivity index (χ3v) is 3.39. The fourth-order valence-corrected chi connectivity index (χ4v) is 2.31. The summed E-state index contributed by atoms with van der Waals surface area (Å²) in [5.41, 5.74) is 0.734. The van der Waals surface area contributed by atoms with Crippen LogP contribution in [0.3, 0.4) is 0 Å². The minimum atomic E-state index is -0.0262. The average molecular weight is 247 g/mol. The Morgan fingerprint density at radius 3 is 2.94 bits per heavy atom. The first-order valence-electron chi connectivity index (χ1n) is 6.67. The molecule has 3 heteroatoms. The fraction of sp³-hybridized carbons (Fsp3) is 0.533. The number of benzene rings is 1. The highest BCUT2D eigenvalue weighted by molar-refractivity contribution is 6.01. The summed E-state index contributed by atoms with van der Waals surface area (Å²) < 4.78 is 5.66. The van der Waals surface area contributed by atoms with Crippen molar-refractivity contribution in [1.82, 2.24) is 4.90 Å². The van der Waals surface area contributed by atoms with Crippen molar-refractivity contribution in [3.8, 4) is 5.75 Å². The van der Waals surface area contributed by atoms with Gasteiger partial charge in [-0.2, -0.15) is 0 Å². The molecule has 0 saturated carbocycles. The lowest BCUT2D eigenvalue weighted by Gasteiger charge is -2.27. The SMILES string of the molecule is CCCCN(C)C[C@H]1COc2ccccc2C1=O. The van der Waals surface area contributed by atoms with E-state index in [0.717, 1.165) is 24.4 Å². The van der Waals surface area contributed by atoms with Gasteiger partial charge in [0.15, 0.2) is 5.78 Å². The Kier molecular flexibility index (Phi) is 4.37. The van der Waals surface area contributed by atoms with Crippen molar-refractivity contribution in [3.63, 3.8) is 0 Å². The molecule has 2 rings (SSSR count). The highest BCUT2D eigenvalue weighted by atomic mass is 16.5. The van der Waals surface area contributed by atoms with E-state index in [1.54, 1.807) is 0 Å². The summed E-state index contributed by atoms with van der Waals surface area (Å²) in [5.74, 6) is 0.928. The summed E-state index contributed by atoms with van der Waals surface area (Å²) in [7, 11) is 2.07. The van der Waals surface area contributed by atoms with Crippen LogP contribution in [-0.4, -0.2) is 37.4 Å². The Bertz CT molecular complexity index is 417. The predicted octanol–water partition coefficient (Wildman–Crippen LogP) is 2.61. The second-order valence-electron chi connectivity index (χ2n) is 4.98. The number of unbranched alkanes of at least 4 members (excludes halogenated alkanes) is 1. The van der Waals surface area contributed by atoms with Crippen LogP contribution in [0.5, 0.6) is 5.75 Å². The first-order valence-corrected chi connectivity index (χ1v) is 6.67. The number of carbonyl (C=O) groups excluding carboxylic acids is 1. The van der Waals surface area contributed by atoms with Crippen molar-refractivity contribution in [2.45, 2.75) is 19.8 Å². The first-order chi connectivity index (χ1) is 8.72. The number of carbonyl (C=O) groups is 1. The zero-order valence-corrected chi connectivity index (χ0v) is 11.2. The molecule has 1 aliphatic rings. The molecule has 0 aromatic heterocycles. The fourth-order valence-electron chi connectivity index (χ4n) is 2.31. The lowest BCUT2D eigenvalue weighted by atomic mass is 9.94. The molecule has 1 aromatic rings. The van der Waals surface area contributed by atoms with Crippen LogP contribution in [-0.2, 0) is 0 Å². The summed E-state index contributed by atoms with van der Waals surface area (Å²) in [6.45, 7) is 4.51. The Morgan fingerprint density at radius 1 is 1.39 bits per heavy atom. The number of Topliss-reactive ketones (excluding diaryl/α,β-unsaturated/α-hetero) is 1. The largest absolute Gasteiger partial charge is 0.492 e. The quantitative estimate of drug-likeness (QED) is 0.801. The van der Waals surface area contributed by atoms with Crippen LogP contribution in [0.1, 0.15) is 30.1 Å². The third-order valence-electron chi connectivity index (χ3n) is 3.39. The van der Waals surface area contributed by atoms with Crippen LogP contribution < -0.4 is 4.74 Å². The second kappa shape index (κ2) is 6.01. The molecule has 1 heterocycles. The lowest BCUT2D eigenvalue weighted by molar-refractivity contribution is 0.0784. The van der Waals surface area contributed by atoms with Gasteiger partial charge in [0.1, 0.15) is 5.75 Å². The van der Waals surface area contributed by atoms with Gasteiger partial charge in [0.05, 0.1) is 18.1 Å². The van der Waals surface area contributed by atoms with Crippen LogP contribution >= 0.6 is 0 Å². The summed E-state index contributed by atoms with van der Waals surface area (Å²) in [4.78, 5) is 14.5. The molecule has 0 fully saturated rings. The van der Waals surface area contributed by atoms with E-state index < -0.39 is 0 Å². The van der Waals surface area contributed by atoms with Gasteiger partial charge in [-0.05, 0) is 32.1 Å². The maximum Gasteiger partial charge on any atom is 0.174 e. The smallest absolute Gasteiger partial charge is 0.174 e. The molecule has 1 aliphatic heterocycles. The zero-order valence-electron chi connectivity index (χ0n) is 11.2. The molecule has 1 aromatic carbocycles. The number of hydrogen-bond acceptors (Lipinski definition) is 3. The number of fused-ring (bicyclic) bond motifs is 1. The Labute approximate surface area is 109 Å². The van der Waals surface area contributed by atoms with Crippen molar-refractivity contribution >= 4 is 5.78 Å². The number of para-hydroxylation sites is 1. The average Bonchev–Trinajstić information content (AvgIpc) is 2.40. The van der Waals surface area contributed by atoms with E-state index >= 15 is 0 Å². The number of rotatable bonds is 5. The van der Waals surface area contributed by atoms with Crippen molar-refractivity contribution < 1.29 is 9.53 Å². The Hall–Kier alpha value is -1.35. The maximum absolute atomic E-state index is 12.3. The molecule has 0 saturated heterocycles. The van der Waals surface area contributed by atoms with Crippen LogP contribution in [0, 0.1) is 5.92 Å². The number of ether oxygens (including phenoxy) is 1. The topological polar surface area (TPSA) is 29.5 Å². The maximum atomic E-state index is 12.3. The van der Waals surface area contributed by atoms with Crippen molar-refractivity contribution in [1.29, 1.82) is 0 Å². The minimum absolute atomic E-state index is 0.0262. The minimum Gasteiger partial charge on any atom is -0.492 e. The van der Waals surface area contributed by atoms with E-state index in [-0.39, 0.29) is 11.7 Å². The van der Waals surface area contributed by atoms with Crippen molar-refractivity contribution in [3.05, 3.63) is 29.8 Å². The van der Waals surface area contributed by atoms with E-state index in [1.165, 1.54) is 12.8 Å². The summed E-state index contributed by atoms with van der Waals surface area (Å²) in [5, 5.41) is 0. The van der Waals surface area contributed by atoms with Gasteiger partial charge in [-0.1, -0.05) is 25.5 Å². The Balaban J connectivity index is 1.99. The third kappa shape index (κ3) is 2.91. The van der Waals surface area contributed by atoms with Gasteiger partial charge in [0, 0.05) is 6.54 Å². The monoisotopic (exact) mass is 247 g/mol. The zero-order chi connectivity index (χ0) is 13.0. The molecule has 0 spiro atoms. The standard InChI is InChI=1S/C15H21NO2/c1-3-4-9-16(2)10-12-11-18-14-8-6-5-7-13(14)15(12)17/h5-8,12H,3-4,9-11H2,1-2H3/t12-/m0/s1. The van der Waals surface area contributed by atoms with Gasteiger partial charge in [0.2, 0.25) is 0 Å². The first kappa shape index (κ1) is 13.1. The lowest BCUT2D eigenvalue weighted by Crippen LogP contribution is -2.37. The summed E-state index contributed by atoms with van der Waals surface area (Å²) in [6, 6.07) is 7.52. The molecule has 0 unspecified atom stereocenters. The molecule has 98 valence electrons. The van der Waals surface area contributed by atoms with Crippen LogP contribution in [0.15, 0.2) is 24.3 Å². The van der Waals surface area contributed by atoms with Gasteiger partial charge in [-0.25, -0.2) is 0 Å². The molecule has 0 radical (unpaired) electrons. The van der Waals surface area contributed by atoms with E-state index in [0.29, 0.717) is 6.61 Å². The van der Waals surface area contributed by atoms with Crippen LogP contribution in [0.2, 0.25) is 0 Å². The van der Waals surface area contributed by atoms with E-state index in [9.17, 15) is 4.79 Å². The van der Waals surface area contributed by atoms with Gasteiger partial charge >= 0.3 is 0 Å². The van der Waals surface area contributed by atoms with Gasteiger partial charge in [-0.15, -0.1) is 0 Å². The van der Waals surface area contributed by atoms with E-state index in [1.807, 2.05) is 24.3 Å². The van der Waals surface area contributed by atoms with Gasteiger partial charge in [0.25, 0.3) is 0 Å². The van der Waals surface area contributed by atoms with Crippen molar-refractivity contribution in [2.24, 2.45) is 5.92 Å². The van der Waals surface area contributed by atoms with Gasteiger partial charge in [-0.3, -0.25) is 4.79 Å². The molecule has 3 nitrogen and oxygen atoms in total. The van der Waals surface area contributed by atoms with E-state index in [4.69, 9.17) is 4.74 Å². The molecular weight excluding hydrogens is 226 g/mol. The van der Waals surface area contributed by atoms with Crippen molar-refractivity contribution in [2.75, 3.05) is 26.7 Å². The molecule has 0 amide bonds. The molecule has 18 heavy (non-hydrogen) atoms. The second-order valence-corrected chi connectivity index (χ2v) is 4.98. The number of ketones is 1. The number of hydrogen-bond donors (Lipinski definition) is 0. The number of nitrogens with zero attached hydrogens (tertiary/aromatic N) is 1. The predicted molar refractivity (Wildman–Crippen MR) is 72.2 cm³/mol. The Morgan fingerprint density at radius 2 is 2.17 bits per heavy atom. The molecular formula is C15H21NO2. The molecule has 0 bridgehead atoms. The normalized spacial score (nSPS) is 18.6. The highest BCUT2D eigenvalue weighted by Crippen LogP contribution is 2.27. The van der Waals surface area contributed by atoms with E-state index in [2.05, 4.69) is 18.9 Å². The molecule has 0 aliphatic carbocycles. The molecule has 0 N–H and O–H groups in total. The highest BCUT2D eigenvalue weighted by Gasteiger charge is 2.29. The summed E-state index contributed by atoms with van der Waals surface area (Å²) >= 11 is 0.